The molecule has 0 saturated carbocycles. The Labute approximate surface area is 105 Å². The summed E-state index contributed by atoms with van der Waals surface area (Å²) >= 11 is 1.64. The molecule has 0 radical (unpaired) electrons. The summed E-state index contributed by atoms with van der Waals surface area (Å²) in [6.45, 7) is 4.64. The summed E-state index contributed by atoms with van der Waals surface area (Å²) in [5.74, 6) is -0.0682. The van der Waals surface area contributed by atoms with E-state index in [4.69, 9.17) is 4.74 Å². The fourth-order valence-electron chi connectivity index (χ4n) is 2.01. The Kier molecular flexibility index (Phi) is 3.76. The number of hydrogen-bond acceptors (Lipinski definition) is 5. The maximum atomic E-state index is 11.8. The Balaban J connectivity index is 1.99. The molecule has 17 heavy (non-hydrogen) atoms. The minimum absolute atomic E-state index is 0.0682. The molecule has 1 amide bonds. The lowest BCUT2D eigenvalue weighted by atomic mass is 10.0. The van der Waals surface area contributed by atoms with Gasteiger partial charge in [-0.15, -0.1) is 11.3 Å². The molecule has 1 aliphatic heterocycles. The molecule has 0 aliphatic carbocycles. The van der Waals surface area contributed by atoms with Crippen molar-refractivity contribution in [2.24, 2.45) is 0 Å². The third-order valence-corrected chi connectivity index (χ3v) is 3.67. The van der Waals surface area contributed by atoms with Crippen LogP contribution in [0.25, 0.3) is 0 Å². The van der Waals surface area contributed by atoms with Crippen molar-refractivity contribution < 1.29 is 9.53 Å². The lowest BCUT2D eigenvalue weighted by molar-refractivity contribution is -0.156. The van der Waals surface area contributed by atoms with Crippen molar-refractivity contribution in [3.8, 4) is 0 Å². The van der Waals surface area contributed by atoms with Crippen molar-refractivity contribution in [2.45, 2.75) is 19.1 Å². The first-order valence-electron chi connectivity index (χ1n) is 5.61. The van der Waals surface area contributed by atoms with E-state index in [9.17, 15) is 4.79 Å². The predicted molar refractivity (Wildman–Crippen MR) is 65.8 cm³/mol. The van der Waals surface area contributed by atoms with Crippen molar-refractivity contribution in [1.82, 2.24) is 15.2 Å². The maximum Gasteiger partial charge on any atom is 0.253 e. The molecule has 2 heterocycles. The van der Waals surface area contributed by atoms with E-state index in [1.54, 1.807) is 24.6 Å². The fourth-order valence-corrected chi connectivity index (χ4v) is 2.67. The van der Waals surface area contributed by atoms with E-state index in [1.807, 2.05) is 12.3 Å². The van der Waals surface area contributed by atoms with Gasteiger partial charge in [-0.05, 0) is 6.92 Å². The zero-order chi connectivity index (χ0) is 12.3. The monoisotopic (exact) mass is 255 g/mol. The van der Waals surface area contributed by atoms with Gasteiger partial charge in [0, 0.05) is 31.7 Å². The van der Waals surface area contributed by atoms with Crippen LogP contribution in [0.3, 0.4) is 0 Å². The van der Waals surface area contributed by atoms with E-state index < -0.39 is 5.60 Å². The van der Waals surface area contributed by atoms with Gasteiger partial charge in [0.05, 0.1) is 13.2 Å². The van der Waals surface area contributed by atoms with Crippen molar-refractivity contribution in [1.29, 1.82) is 0 Å². The summed E-state index contributed by atoms with van der Waals surface area (Å²) in [5, 5.41) is 5.69. The Morgan fingerprint density at radius 3 is 3.24 bits per heavy atom. The summed E-state index contributed by atoms with van der Waals surface area (Å²) in [4.78, 5) is 18.2. The molecule has 1 atom stereocenters. The number of rotatable bonds is 3. The Hall–Kier alpha value is -0.980. The highest BCUT2D eigenvalue weighted by Gasteiger charge is 2.38. The highest BCUT2D eigenvalue weighted by atomic mass is 32.1. The van der Waals surface area contributed by atoms with Crippen LogP contribution in [0.4, 0.5) is 0 Å². The number of thiazole rings is 1. The summed E-state index contributed by atoms with van der Waals surface area (Å²) in [5.41, 5.74) is -0.746. The van der Waals surface area contributed by atoms with E-state index in [0.717, 1.165) is 18.1 Å². The van der Waals surface area contributed by atoms with Crippen LogP contribution in [0.15, 0.2) is 11.6 Å². The molecule has 5 nitrogen and oxygen atoms in total. The number of nitrogens with one attached hydrogen (secondary N) is 1. The van der Waals surface area contributed by atoms with Crippen LogP contribution in [-0.4, -0.2) is 48.1 Å². The van der Waals surface area contributed by atoms with Gasteiger partial charge in [0.25, 0.3) is 5.91 Å². The minimum Gasteiger partial charge on any atom is -0.363 e. The van der Waals surface area contributed by atoms with E-state index in [2.05, 4.69) is 15.2 Å². The highest BCUT2D eigenvalue weighted by Crippen LogP contribution is 2.20. The number of amides is 1. The van der Waals surface area contributed by atoms with Gasteiger partial charge in [0.15, 0.2) is 5.60 Å². The fraction of sp³-hybridized carbons (Fsp3) is 0.636. The zero-order valence-electron chi connectivity index (χ0n) is 10.1. The van der Waals surface area contributed by atoms with Crippen LogP contribution in [0.2, 0.25) is 0 Å². The average Bonchev–Trinajstić information content (AvgIpc) is 2.81. The topological polar surface area (TPSA) is 54.5 Å². The maximum absolute atomic E-state index is 11.8. The van der Waals surface area contributed by atoms with Gasteiger partial charge in [-0.25, -0.2) is 4.98 Å². The Morgan fingerprint density at radius 2 is 2.59 bits per heavy atom. The van der Waals surface area contributed by atoms with Gasteiger partial charge in [-0.2, -0.15) is 0 Å². The number of morpholine rings is 1. The molecule has 0 spiro atoms. The molecule has 2 rings (SSSR count). The van der Waals surface area contributed by atoms with Crippen LogP contribution in [0, 0.1) is 0 Å². The molecule has 1 fully saturated rings. The highest BCUT2D eigenvalue weighted by molar-refractivity contribution is 7.09. The lowest BCUT2D eigenvalue weighted by Crippen LogP contribution is -2.57. The molecule has 0 bridgehead atoms. The van der Waals surface area contributed by atoms with Crippen molar-refractivity contribution in [3.05, 3.63) is 16.6 Å². The van der Waals surface area contributed by atoms with Crippen LogP contribution in [0.1, 0.15) is 11.9 Å². The molecule has 0 aromatic carbocycles. The lowest BCUT2D eigenvalue weighted by Gasteiger charge is -2.38. The number of ether oxygens (including phenoxy) is 1. The SMILES string of the molecule is CNC(=O)C1(C)CN(Cc2nccs2)CCO1. The number of likely N-dealkylation sites (N-methyl/N-ethyl adjacent to an activating group) is 1. The normalized spacial score (nSPS) is 25.8. The third-order valence-electron chi connectivity index (χ3n) is 2.90. The van der Waals surface area contributed by atoms with E-state index in [-0.39, 0.29) is 5.91 Å². The largest absolute Gasteiger partial charge is 0.363 e. The number of aromatic nitrogens is 1. The number of carbonyl (C=O) groups is 1. The Morgan fingerprint density at radius 1 is 1.76 bits per heavy atom. The van der Waals surface area contributed by atoms with Gasteiger partial charge in [0.2, 0.25) is 0 Å². The van der Waals surface area contributed by atoms with E-state index in [0.29, 0.717) is 13.2 Å². The summed E-state index contributed by atoms with van der Waals surface area (Å²) in [6, 6.07) is 0. The molecular weight excluding hydrogens is 238 g/mol. The van der Waals surface area contributed by atoms with Gasteiger partial charge in [0.1, 0.15) is 5.01 Å². The third kappa shape index (κ3) is 2.83. The van der Waals surface area contributed by atoms with E-state index in [1.165, 1.54) is 0 Å². The zero-order valence-corrected chi connectivity index (χ0v) is 10.9. The second-order valence-electron chi connectivity index (χ2n) is 4.29. The van der Waals surface area contributed by atoms with Gasteiger partial charge in [-0.1, -0.05) is 0 Å². The quantitative estimate of drug-likeness (QED) is 0.853. The molecule has 94 valence electrons. The Bertz CT molecular complexity index is 382. The first kappa shape index (κ1) is 12.5. The first-order valence-corrected chi connectivity index (χ1v) is 6.49. The molecular formula is C11H17N3O2S. The summed E-state index contributed by atoms with van der Waals surface area (Å²) < 4.78 is 5.60. The molecule has 1 aromatic rings. The number of nitrogens with zero attached hydrogens (tertiary/aromatic N) is 2. The van der Waals surface area contributed by atoms with Crippen LogP contribution in [-0.2, 0) is 16.1 Å². The summed E-state index contributed by atoms with van der Waals surface area (Å²) in [7, 11) is 1.64. The molecule has 1 unspecified atom stereocenters. The molecule has 1 N–H and O–H groups in total. The molecule has 1 aliphatic rings. The van der Waals surface area contributed by atoms with Gasteiger partial charge >= 0.3 is 0 Å². The van der Waals surface area contributed by atoms with Crippen molar-refractivity contribution in [2.75, 3.05) is 26.7 Å². The standard InChI is InChI=1S/C11H17N3O2S/c1-11(10(15)12-2)8-14(4-5-16-11)7-9-13-3-6-17-9/h3,6H,4-5,7-8H2,1-2H3,(H,12,15). The van der Waals surface area contributed by atoms with Crippen LogP contribution < -0.4 is 5.32 Å². The van der Waals surface area contributed by atoms with Crippen molar-refractivity contribution >= 4 is 17.2 Å². The number of hydrogen-bond donors (Lipinski definition) is 1. The second-order valence-corrected chi connectivity index (χ2v) is 5.27. The molecule has 1 aromatic heterocycles. The smallest absolute Gasteiger partial charge is 0.253 e. The first-order chi connectivity index (χ1) is 8.14. The second kappa shape index (κ2) is 5.12. The van der Waals surface area contributed by atoms with Gasteiger partial charge in [-0.3, -0.25) is 9.69 Å². The van der Waals surface area contributed by atoms with Gasteiger partial charge < -0.3 is 10.1 Å². The van der Waals surface area contributed by atoms with Crippen molar-refractivity contribution in [3.63, 3.8) is 0 Å². The molecule has 6 heteroatoms. The predicted octanol–water partition coefficient (Wildman–Crippen LogP) is 0.480. The van der Waals surface area contributed by atoms with Crippen LogP contribution in [0.5, 0.6) is 0 Å². The van der Waals surface area contributed by atoms with Crippen LogP contribution >= 0.6 is 11.3 Å². The number of carbonyl (C=O) groups excluding carboxylic acids is 1. The summed E-state index contributed by atoms with van der Waals surface area (Å²) in [6.07, 6.45) is 1.80. The minimum atomic E-state index is -0.746. The molecule has 1 saturated heterocycles. The average molecular weight is 255 g/mol. The van der Waals surface area contributed by atoms with E-state index >= 15 is 0 Å².